The second-order valence-corrected chi connectivity index (χ2v) is 14.5. The van der Waals surface area contributed by atoms with E-state index in [1.165, 1.54) is 25.7 Å². The Hall–Kier alpha value is 0.499. The summed E-state index contributed by atoms with van der Waals surface area (Å²) in [5, 5.41) is 17.5. The van der Waals surface area contributed by atoms with Crippen molar-refractivity contribution in [1.29, 1.82) is 0 Å². The van der Waals surface area contributed by atoms with E-state index in [0.717, 1.165) is 51.4 Å². The predicted octanol–water partition coefficient (Wildman–Crippen LogP) is 7.18. The van der Waals surface area contributed by atoms with Gasteiger partial charge in [0.1, 0.15) is 0 Å². The molecule has 0 aliphatic heterocycles. The minimum atomic E-state index is -0.920. The van der Waals surface area contributed by atoms with Gasteiger partial charge in [-0.05, 0) is 24.7 Å². The third-order valence-electron chi connectivity index (χ3n) is 6.16. The van der Waals surface area contributed by atoms with Gasteiger partial charge in [0.15, 0.2) is 0 Å². The maximum atomic E-state index is 10.6. The van der Waals surface area contributed by atoms with Crippen LogP contribution in [0.15, 0.2) is 0 Å². The number of hydrogen-bond donors (Lipinski definition) is 2. The van der Waals surface area contributed by atoms with E-state index in [2.05, 4.69) is 66.8 Å². The van der Waals surface area contributed by atoms with Crippen LogP contribution in [0.5, 0.6) is 0 Å². The molecule has 0 fully saturated rings. The van der Waals surface area contributed by atoms with E-state index in [1.807, 2.05) is 0 Å². The van der Waals surface area contributed by atoms with Crippen molar-refractivity contribution in [2.45, 2.75) is 153 Å². The van der Waals surface area contributed by atoms with Gasteiger partial charge in [-0.15, -0.1) is 0 Å². The quantitative estimate of drug-likeness (QED) is 0.0836. The van der Waals surface area contributed by atoms with Crippen LogP contribution in [-0.2, 0) is 34.8 Å². The van der Waals surface area contributed by atoms with Crippen LogP contribution in [0.25, 0.3) is 0 Å². The van der Waals surface area contributed by atoms with Gasteiger partial charge in [-0.25, -0.2) is 0 Å². The standard InChI is InChI=1S/2C10H20O2S.2C4H9.Sn/c2*1-3-5-6-8(4-2)7-9(11)10(12)13;2*1-3-4-2;/h2*8-9,11H,3-7H2,1-2H3,(H,12,13);2*1,3-4H2,2H3;/q;;;;+2/p-2. The van der Waals surface area contributed by atoms with Gasteiger partial charge in [-0.1, -0.05) is 79.1 Å². The zero-order chi connectivity index (χ0) is 27.5. The van der Waals surface area contributed by atoms with Crippen LogP contribution in [0.1, 0.15) is 131 Å². The number of unbranched alkanes of at least 4 members (excludes halogenated alkanes) is 4. The first-order valence-corrected chi connectivity index (χ1v) is 19.0. The summed E-state index contributed by atoms with van der Waals surface area (Å²) in [6.45, 7) is 13.0. The molecule has 4 unspecified atom stereocenters. The molecule has 0 saturated carbocycles. The Labute approximate surface area is 239 Å². The molecule has 0 aliphatic rings. The van der Waals surface area contributed by atoms with Crippen molar-refractivity contribution in [1.82, 2.24) is 0 Å². The predicted molar refractivity (Wildman–Crippen MR) is 158 cm³/mol. The number of hydrogen-bond acceptors (Lipinski definition) is 6. The van der Waals surface area contributed by atoms with Crippen LogP contribution in [0, 0.1) is 11.8 Å². The molecule has 35 heavy (non-hydrogen) atoms. The van der Waals surface area contributed by atoms with Crippen LogP contribution < -0.4 is 0 Å². The van der Waals surface area contributed by atoms with Crippen LogP contribution in [0.3, 0.4) is 0 Å². The summed E-state index contributed by atoms with van der Waals surface area (Å²) in [6.07, 6.45) is 13.9. The SMILES string of the molecule is CCCCC(CC)CC(O)C(=O)[S-].CCCCC(CC)CC(O)C(=O)[S-].CCC[CH2][Sn+2][CH2]CCC. The molecule has 0 amide bonds. The van der Waals surface area contributed by atoms with Gasteiger partial charge in [0.05, 0.1) is 12.2 Å². The molecule has 4 nitrogen and oxygen atoms in total. The fourth-order valence-corrected chi connectivity index (χ4v) is 7.87. The summed E-state index contributed by atoms with van der Waals surface area (Å²) in [6, 6.07) is 0. The Morgan fingerprint density at radius 1 is 0.629 bits per heavy atom. The summed E-state index contributed by atoms with van der Waals surface area (Å²) in [7, 11) is 0. The van der Waals surface area contributed by atoms with Crippen LogP contribution >= 0.6 is 0 Å². The summed E-state index contributed by atoms with van der Waals surface area (Å²) in [5.74, 6) is 0.892. The Morgan fingerprint density at radius 2 is 0.943 bits per heavy atom. The molecular formula is C28H56O4S2Sn. The van der Waals surface area contributed by atoms with Crippen molar-refractivity contribution in [3.05, 3.63) is 0 Å². The van der Waals surface area contributed by atoms with Gasteiger partial charge in [-0.3, -0.25) is 0 Å². The van der Waals surface area contributed by atoms with Gasteiger partial charge < -0.3 is 45.1 Å². The van der Waals surface area contributed by atoms with E-state index < -0.39 is 22.4 Å². The number of aliphatic hydroxyl groups is 2. The molecule has 0 aromatic rings. The summed E-state index contributed by atoms with van der Waals surface area (Å²) in [4.78, 5) is 21.3. The molecule has 0 spiro atoms. The van der Waals surface area contributed by atoms with Crippen molar-refractivity contribution in [2.24, 2.45) is 11.8 Å². The van der Waals surface area contributed by atoms with Crippen molar-refractivity contribution >= 4 is 56.6 Å². The van der Waals surface area contributed by atoms with Gasteiger partial charge in [0.25, 0.3) is 0 Å². The van der Waals surface area contributed by atoms with Gasteiger partial charge >= 0.3 is 69.5 Å². The average molecular weight is 640 g/mol. The molecule has 0 saturated heterocycles. The topological polar surface area (TPSA) is 74.6 Å². The minimum absolute atomic E-state index is 0.149. The zero-order valence-corrected chi connectivity index (χ0v) is 28.1. The van der Waals surface area contributed by atoms with E-state index >= 15 is 0 Å². The number of rotatable bonds is 20. The van der Waals surface area contributed by atoms with Crippen LogP contribution in [0.4, 0.5) is 0 Å². The first kappa shape index (κ1) is 40.0. The van der Waals surface area contributed by atoms with Crippen molar-refractivity contribution in [3.63, 3.8) is 0 Å². The Balaban J connectivity index is -0.000000448. The molecule has 4 atom stereocenters. The Morgan fingerprint density at radius 3 is 1.17 bits per heavy atom. The molecule has 0 aliphatic carbocycles. The van der Waals surface area contributed by atoms with E-state index in [1.54, 1.807) is 8.87 Å². The molecule has 0 aromatic heterocycles. The number of aliphatic hydroxyl groups excluding tert-OH is 2. The molecule has 0 rings (SSSR count). The zero-order valence-electron chi connectivity index (χ0n) is 23.7. The third-order valence-corrected chi connectivity index (χ3v) is 10.7. The van der Waals surface area contributed by atoms with Crippen molar-refractivity contribution < 1.29 is 19.8 Å². The summed E-state index contributed by atoms with van der Waals surface area (Å²) < 4.78 is 3.25. The van der Waals surface area contributed by atoms with Crippen LogP contribution in [-0.4, -0.2) is 53.8 Å². The Kier molecular flexibility index (Phi) is 35.1. The average Bonchev–Trinajstić information content (AvgIpc) is 2.84. The second-order valence-electron chi connectivity index (χ2n) is 9.43. The van der Waals surface area contributed by atoms with E-state index in [4.69, 9.17) is 0 Å². The van der Waals surface area contributed by atoms with Gasteiger partial charge in [0, 0.05) is 10.2 Å². The molecule has 7 heteroatoms. The summed E-state index contributed by atoms with van der Waals surface area (Å²) in [5.41, 5.74) is 0. The van der Waals surface area contributed by atoms with Gasteiger partial charge in [-0.2, -0.15) is 0 Å². The number of carbonyl (C=O) groups is 2. The second kappa shape index (κ2) is 30.7. The maximum absolute atomic E-state index is 10.6. The van der Waals surface area contributed by atoms with E-state index in [0.29, 0.717) is 24.7 Å². The van der Waals surface area contributed by atoms with Crippen molar-refractivity contribution in [3.8, 4) is 0 Å². The van der Waals surface area contributed by atoms with Crippen molar-refractivity contribution in [2.75, 3.05) is 0 Å². The fourth-order valence-electron chi connectivity index (χ4n) is 3.52. The Bertz CT molecular complexity index is 426. The van der Waals surface area contributed by atoms with Gasteiger partial charge in [0.2, 0.25) is 0 Å². The fraction of sp³-hybridized carbons (Fsp3) is 0.929. The number of carbonyl (C=O) groups excluding carboxylic acids is 2. The molecule has 0 radical (unpaired) electrons. The van der Waals surface area contributed by atoms with E-state index in [-0.39, 0.29) is 21.1 Å². The molecule has 0 bridgehead atoms. The molecule has 2 N–H and O–H groups in total. The monoisotopic (exact) mass is 640 g/mol. The molecule has 0 aromatic carbocycles. The third kappa shape index (κ3) is 30.6. The van der Waals surface area contributed by atoms with Crippen LogP contribution in [0.2, 0.25) is 8.87 Å². The molecular weight excluding hydrogens is 583 g/mol. The summed E-state index contributed by atoms with van der Waals surface area (Å²) >= 11 is 8.93. The molecule has 0 heterocycles. The first-order chi connectivity index (χ1) is 16.6. The normalized spacial score (nSPS) is 13.7. The van der Waals surface area contributed by atoms with E-state index in [9.17, 15) is 19.8 Å². The first-order valence-electron chi connectivity index (χ1n) is 14.1. The molecule has 208 valence electrons.